The van der Waals surface area contributed by atoms with Crippen LogP contribution in [0.25, 0.3) is 0 Å². The highest BCUT2D eigenvalue weighted by atomic mass is 16.5. The molecule has 1 fully saturated rings. The lowest BCUT2D eigenvalue weighted by molar-refractivity contribution is 0.0945. The number of carbonyl (C=O) groups excluding carboxylic acids is 1. The van der Waals surface area contributed by atoms with Gasteiger partial charge in [0, 0.05) is 24.5 Å². The van der Waals surface area contributed by atoms with Crippen molar-refractivity contribution in [2.75, 3.05) is 18.6 Å². The summed E-state index contributed by atoms with van der Waals surface area (Å²) >= 11 is 0. The second-order valence-corrected chi connectivity index (χ2v) is 7.80. The number of amides is 1. The molecule has 0 spiro atoms. The van der Waals surface area contributed by atoms with Gasteiger partial charge in [0.15, 0.2) is 0 Å². The maximum absolute atomic E-state index is 12.7. The summed E-state index contributed by atoms with van der Waals surface area (Å²) in [5.74, 6) is 1.42. The first-order valence-corrected chi connectivity index (χ1v) is 10.5. The summed E-state index contributed by atoms with van der Waals surface area (Å²) in [5, 5.41) is 3.00. The lowest BCUT2D eigenvalue weighted by Crippen LogP contribution is -2.27. The Labute approximate surface area is 181 Å². The summed E-state index contributed by atoms with van der Waals surface area (Å²) in [7, 11) is 1.63. The van der Waals surface area contributed by atoms with E-state index in [1.165, 1.54) is 5.56 Å². The van der Waals surface area contributed by atoms with Crippen molar-refractivity contribution in [2.45, 2.75) is 31.9 Å². The molecule has 3 aromatic rings. The van der Waals surface area contributed by atoms with Crippen LogP contribution in [0, 0.1) is 0 Å². The first kappa shape index (κ1) is 19.4. The van der Waals surface area contributed by atoms with Crippen LogP contribution in [0.3, 0.4) is 0 Å². The number of methoxy groups -OCH3 is 1. The molecule has 158 valence electrons. The molecule has 1 saturated carbocycles. The Balaban J connectivity index is 1.42. The van der Waals surface area contributed by atoms with Crippen molar-refractivity contribution in [1.82, 2.24) is 15.3 Å². The highest BCUT2D eigenvalue weighted by Crippen LogP contribution is 2.33. The second-order valence-electron chi connectivity index (χ2n) is 7.80. The molecule has 7 heteroatoms. The number of para-hydroxylation sites is 1. The summed E-state index contributed by atoms with van der Waals surface area (Å²) in [6.07, 6.45) is 4.53. The second kappa shape index (κ2) is 8.26. The molecule has 1 N–H and O–H groups in total. The Morgan fingerprint density at radius 1 is 1.16 bits per heavy atom. The van der Waals surface area contributed by atoms with Crippen LogP contribution in [0.15, 0.2) is 54.7 Å². The zero-order valence-electron chi connectivity index (χ0n) is 17.4. The zero-order chi connectivity index (χ0) is 21.2. The SMILES string of the molecule is COc1ccc(COc2nc(N3CCc4ccccc43)ncc2C(=O)NC2CC2)cc1. The van der Waals surface area contributed by atoms with Crippen molar-refractivity contribution < 1.29 is 14.3 Å². The van der Waals surface area contributed by atoms with Gasteiger partial charge in [-0.15, -0.1) is 0 Å². The Kier molecular flexibility index (Phi) is 5.16. The normalized spacial score (nSPS) is 14.8. The summed E-state index contributed by atoms with van der Waals surface area (Å²) < 4.78 is 11.2. The highest BCUT2D eigenvalue weighted by Gasteiger charge is 2.28. The Bertz CT molecular complexity index is 1100. The number of aromatic nitrogens is 2. The van der Waals surface area contributed by atoms with Gasteiger partial charge in [-0.3, -0.25) is 4.79 Å². The van der Waals surface area contributed by atoms with Crippen molar-refractivity contribution in [1.29, 1.82) is 0 Å². The van der Waals surface area contributed by atoms with Gasteiger partial charge in [-0.2, -0.15) is 4.98 Å². The number of ether oxygens (including phenoxy) is 2. The Morgan fingerprint density at radius 3 is 2.74 bits per heavy atom. The Hall–Kier alpha value is -3.61. The smallest absolute Gasteiger partial charge is 0.258 e. The largest absolute Gasteiger partial charge is 0.497 e. The van der Waals surface area contributed by atoms with Gasteiger partial charge in [0.1, 0.15) is 17.9 Å². The fourth-order valence-corrected chi connectivity index (χ4v) is 3.66. The molecular formula is C24H24N4O3. The van der Waals surface area contributed by atoms with E-state index in [0.29, 0.717) is 24.0 Å². The van der Waals surface area contributed by atoms with E-state index in [0.717, 1.165) is 42.8 Å². The maximum atomic E-state index is 12.7. The third kappa shape index (κ3) is 4.17. The fraction of sp³-hybridized carbons (Fsp3) is 0.292. The van der Waals surface area contributed by atoms with Crippen molar-refractivity contribution in [3.8, 4) is 11.6 Å². The van der Waals surface area contributed by atoms with E-state index in [9.17, 15) is 4.79 Å². The van der Waals surface area contributed by atoms with Gasteiger partial charge >= 0.3 is 0 Å². The minimum atomic E-state index is -0.194. The molecule has 0 saturated heterocycles. The van der Waals surface area contributed by atoms with Crippen molar-refractivity contribution in [3.05, 3.63) is 71.4 Å². The van der Waals surface area contributed by atoms with Crippen molar-refractivity contribution in [2.24, 2.45) is 0 Å². The number of carbonyl (C=O) groups is 1. The summed E-state index contributed by atoms with van der Waals surface area (Å²) in [6, 6.07) is 16.1. The summed E-state index contributed by atoms with van der Waals surface area (Å²) in [5.41, 5.74) is 3.68. The molecule has 2 heterocycles. The predicted molar refractivity (Wildman–Crippen MR) is 117 cm³/mol. The first-order chi connectivity index (χ1) is 15.2. The number of benzene rings is 2. The van der Waals surface area contributed by atoms with E-state index < -0.39 is 0 Å². The molecule has 0 bridgehead atoms. The van der Waals surface area contributed by atoms with E-state index in [1.54, 1.807) is 13.3 Å². The number of fused-ring (bicyclic) bond motifs is 1. The summed E-state index contributed by atoms with van der Waals surface area (Å²) in [6.45, 7) is 1.09. The molecule has 0 radical (unpaired) electrons. The molecule has 1 aliphatic heterocycles. The lowest BCUT2D eigenvalue weighted by atomic mass is 10.2. The van der Waals surface area contributed by atoms with E-state index in [2.05, 4.69) is 32.3 Å². The van der Waals surface area contributed by atoms with E-state index >= 15 is 0 Å². The van der Waals surface area contributed by atoms with E-state index in [1.807, 2.05) is 36.4 Å². The number of hydrogen-bond donors (Lipinski definition) is 1. The van der Waals surface area contributed by atoms with Gasteiger partial charge in [0.25, 0.3) is 5.91 Å². The average Bonchev–Trinajstić information content (AvgIpc) is 3.52. The lowest BCUT2D eigenvalue weighted by Gasteiger charge is -2.19. The third-order valence-electron chi connectivity index (χ3n) is 5.56. The molecule has 5 rings (SSSR count). The average molecular weight is 416 g/mol. The monoisotopic (exact) mass is 416 g/mol. The fourth-order valence-electron chi connectivity index (χ4n) is 3.66. The van der Waals surface area contributed by atoms with Crippen molar-refractivity contribution >= 4 is 17.5 Å². The van der Waals surface area contributed by atoms with Crippen LogP contribution in [0.2, 0.25) is 0 Å². The van der Waals surface area contributed by atoms with Crippen LogP contribution in [0.1, 0.15) is 34.3 Å². The molecule has 0 atom stereocenters. The number of anilines is 2. The molecule has 31 heavy (non-hydrogen) atoms. The minimum Gasteiger partial charge on any atom is -0.497 e. The van der Waals surface area contributed by atoms with Gasteiger partial charge in [0.2, 0.25) is 11.8 Å². The molecule has 2 aliphatic rings. The standard InChI is InChI=1S/C24H24N4O3/c1-30-19-10-6-16(7-11-19)15-31-23-20(22(29)26-18-8-9-18)14-25-24(27-23)28-13-12-17-4-2-3-5-21(17)28/h2-7,10-11,14,18H,8-9,12-13,15H2,1H3,(H,26,29). The van der Waals surface area contributed by atoms with Crippen LogP contribution in [0.5, 0.6) is 11.6 Å². The molecule has 2 aromatic carbocycles. The van der Waals surface area contributed by atoms with Gasteiger partial charge in [-0.05, 0) is 48.6 Å². The van der Waals surface area contributed by atoms with E-state index in [-0.39, 0.29) is 11.9 Å². The quantitative estimate of drug-likeness (QED) is 0.634. The molecular weight excluding hydrogens is 392 g/mol. The molecule has 1 amide bonds. The zero-order valence-corrected chi connectivity index (χ0v) is 17.4. The number of nitrogens with zero attached hydrogens (tertiary/aromatic N) is 3. The van der Waals surface area contributed by atoms with Crippen LogP contribution < -0.4 is 19.7 Å². The van der Waals surface area contributed by atoms with Gasteiger partial charge in [0.05, 0.1) is 7.11 Å². The van der Waals surface area contributed by atoms with Crippen LogP contribution in [-0.4, -0.2) is 35.6 Å². The molecule has 1 aromatic heterocycles. The van der Waals surface area contributed by atoms with Crippen LogP contribution in [-0.2, 0) is 13.0 Å². The number of rotatable bonds is 7. The molecule has 1 aliphatic carbocycles. The maximum Gasteiger partial charge on any atom is 0.258 e. The summed E-state index contributed by atoms with van der Waals surface area (Å²) in [4.78, 5) is 24.0. The molecule has 0 unspecified atom stereocenters. The van der Waals surface area contributed by atoms with Gasteiger partial charge < -0.3 is 19.7 Å². The topological polar surface area (TPSA) is 76.6 Å². The number of nitrogens with one attached hydrogen (secondary N) is 1. The van der Waals surface area contributed by atoms with E-state index in [4.69, 9.17) is 9.47 Å². The minimum absolute atomic E-state index is 0.194. The van der Waals surface area contributed by atoms with Crippen LogP contribution >= 0.6 is 0 Å². The van der Waals surface area contributed by atoms with Crippen LogP contribution in [0.4, 0.5) is 11.6 Å². The highest BCUT2D eigenvalue weighted by molar-refractivity contribution is 5.96. The first-order valence-electron chi connectivity index (χ1n) is 10.5. The van der Waals surface area contributed by atoms with Crippen molar-refractivity contribution in [3.63, 3.8) is 0 Å². The predicted octanol–water partition coefficient (Wildman–Crippen LogP) is 3.65. The number of hydrogen-bond acceptors (Lipinski definition) is 6. The van der Waals surface area contributed by atoms with Gasteiger partial charge in [-0.25, -0.2) is 4.98 Å². The van der Waals surface area contributed by atoms with Gasteiger partial charge in [-0.1, -0.05) is 30.3 Å². The molecule has 7 nitrogen and oxygen atoms in total. The third-order valence-corrected chi connectivity index (χ3v) is 5.56. The Morgan fingerprint density at radius 2 is 1.97 bits per heavy atom.